The van der Waals surface area contributed by atoms with Crippen molar-refractivity contribution in [2.45, 2.75) is 25.8 Å². The predicted molar refractivity (Wildman–Crippen MR) is 83.8 cm³/mol. The van der Waals surface area contributed by atoms with Crippen LogP contribution in [0.2, 0.25) is 0 Å². The molecule has 0 spiro atoms. The fourth-order valence-electron chi connectivity index (χ4n) is 2.30. The molecule has 0 aliphatic heterocycles. The first-order valence-corrected chi connectivity index (χ1v) is 7.59. The molecule has 0 aliphatic carbocycles. The van der Waals surface area contributed by atoms with Crippen LogP contribution in [0, 0.1) is 0 Å². The summed E-state index contributed by atoms with van der Waals surface area (Å²) in [6.45, 7) is 2.96. The molecular formula is C15H20BrN3O. The molecule has 0 amide bonds. The zero-order valence-electron chi connectivity index (χ0n) is 11.8. The summed E-state index contributed by atoms with van der Waals surface area (Å²) in [6.07, 6.45) is 3.66. The quantitative estimate of drug-likeness (QED) is 0.851. The molecule has 1 aromatic heterocycles. The van der Waals surface area contributed by atoms with E-state index in [4.69, 9.17) is 0 Å². The van der Waals surface area contributed by atoms with E-state index in [0.29, 0.717) is 5.75 Å². The van der Waals surface area contributed by atoms with Gasteiger partial charge >= 0.3 is 0 Å². The van der Waals surface area contributed by atoms with Crippen molar-refractivity contribution >= 4 is 15.9 Å². The number of aryl methyl sites for hydroxylation is 1. The average Bonchev–Trinajstić information content (AvgIpc) is 2.84. The maximum absolute atomic E-state index is 9.99. The van der Waals surface area contributed by atoms with Gasteiger partial charge in [-0.25, -0.2) is 0 Å². The van der Waals surface area contributed by atoms with Crippen molar-refractivity contribution in [3.05, 3.63) is 46.2 Å². The normalized spacial score (nSPS) is 12.6. The second kappa shape index (κ2) is 6.90. The van der Waals surface area contributed by atoms with Gasteiger partial charge in [-0.2, -0.15) is 5.10 Å². The topological polar surface area (TPSA) is 50.1 Å². The van der Waals surface area contributed by atoms with Crippen LogP contribution in [-0.4, -0.2) is 21.4 Å². The summed E-state index contributed by atoms with van der Waals surface area (Å²) in [4.78, 5) is 0. The molecular weight excluding hydrogens is 318 g/mol. The maximum atomic E-state index is 9.99. The van der Waals surface area contributed by atoms with Gasteiger partial charge in [0.1, 0.15) is 5.75 Å². The molecule has 1 aromatic carbocycles. The number of benzene rings is 1. The average molecular weight is 338 g/mol. The van der Waals surface area contributed by atoms with Gasteiger partial charge in [0.2, 0.25) is 0 Å². The second-order valence-electron chi connectivity index (χ2n) is 4.81. The first kappa shape index (κ1) is 15.1. The molecule has 0 radical (unpaired) electrons. The van der Waals surface area contributed by atoms with Gasteiger partial charge in [0.05, 0.1) is 0 Å². The molecule has 2 aromatic rings. The Balaban J connectivity index is 1.99. The van der Waals surface area contributed by atoms with Crippen LogP contribution < -0.4 is 5.32 Å². The highest BCUT2D eigenvalue weighted by atomic mass is 79.9. The Hall–Kier alpha value is -1.33. The second-order valence-corrected chi connectivity index (χ2v) is 5.73. The molecule has 0 saturated heterocycles. The molecule has 2 N–H and O–H groups in total. The van der Waals surface area contributed by atoms with Crippen molar-refractivity contribution in [3.63, 3.8) is 0 Å². The van der Waals surface area contributed by atoms with Crippen LogP contribution >= 0.6 is 15.9 Å². The molecule has 4 nitrogen and oxygen atoms in total. The molecule has 0 bridgehead atoms. The first-order chi connectivity index (χ1) is 9.61. The summed E-state index contributed by atoms with van der Waals surface area (Å²) in [5.74, 6) is 0.341. The Bertz CT molecular complexity index is 568. The van der Waals surface area contributed by atoms with Crippen molar-refractivity contribution < 1.29 is 5.11 Å². The Morgan fingerprint density at radius 2 is 2.20 bits per heavy atom. The molecule has 1 heterocycles. The van der Waals surface area contributed by atoms with Gasteiger partial charge in [0, 0.05) is 48.0 Å². The highest BCUT2D eigenvalue weighted by molar-refractivity contribution is 9.10. The summed E-state index contributed by atoms with van der Waals surface area (Å²) in [7, 11) is 1.95. The van der Waals surface area contributed by atoms with Crippen LogP contribution in [0.3, 0.4) is 0 Å². The van der Waals surface area contributed by atoms with Crippen molar-refractivity contribution in [2.75, 3.05) is 6.54 Å². The van der Waals surface area contributed by atoms with E-state index in [1.807, 2.05) is 36.1 Å². The minimum atomic E-state index is 0.153. The van der Waals surface area contributed by atoms with Crippen LogP contribution in [0.1, 0.15) is 30.6 Å². The maximum Gasteiger partial charge on any atom is 0.120 e. The number of rotatable bonds is 6. The summed E-state index contributed by atoms with van der Waals surface area (Å²) in [5, 5.41) is 17.6. The highest BCUT2D eigenvalue weighted by Gasteiger charge is 2.13. The molecule has 20 heavy (non-hydrogen) atoms. The van der Waals surface area contributed by atoms with Gasteiger partial charge in [-0.1, -0.05) is 22.9 Å². The third-order valence-electron chi connectivity index (χ3n) is 3.47. The smallest absolute Gasteiger partial charge is 0.120 e. The third kappa shape index (κ3) is 3.61. The van der Waals surface area contributed by atoms with Crippen molar-refractivity contribution in [3.8, 4) is 5.75 Å². The lowest BCUT2D eigenvalue weighted by Crippen LogP contribution is -2.24. The highest BCUT2D eigenvalue weighted by Crippen LogP contribution is 2.29. The van der Waals surface area contributed by atoms with Crippen LogP contribution in [0.15, 0.2) is 34.9 Å². The number of phenols is 1. The van der Waals surface area contributed by atoms with E-state index < -0.39 is 0 Å². The molecule has 1 atom stereocenters. The number of aromatic nitrogens is 2. The molecule has 0 fully saturated rings. The van der Waals surface area contributed by atoms with E-state index in [9.17, 15) is 5.11 Å². The minimum Gasteiger partial charge on any atom is -0.508 e. The van der Waals surface area contributed by atoms with Crippen molar-refractivity contribution in [1.29, 1.82) is 0 Å². The molecule has 0 unspecified atom stereocenters. The summed E-state index contributed by atoms with van der Waals surface area (Å²) < 4.78 is 2.87. The van der Waals surface area contributed by atoms with E-state index in [-0.39, 0.29) is 6.04 Å². The SMILES string of the molecule is CC[C@H](NCCc1ccnn1C)c1cc(Br)ccc1O. The Kier molecular flexibility index (Phi) is 5.20. The monoisotopic (exact) mass is 337 g/mol. The number of halogens is 1. The number of nitrogens with one attached hydrogen (secondary N) is 1. The molecule has 0 saturated carbocycles. The van der Waals surface area contributed by atoms with Gasteiger partial charge in [-0.15, -0.1) is 0 Å². The van der Waals surface area contributed by atoms with Crippen LogP contribution in [0.25, 0.3) is 0 Å². The summed E-state index contributed by atoms with van der Waals surface area (Å²) >= 11 is 3.45. The van der Waals surface area contributed by atoms with E-state index in [2.05, 4.69) is 33.3 Å². The lowest BCUT2D eigenvalue weighted by molar-refractivity contribution is 0.441. The summed E-state index contributed by atoms with van der Waals surface area (Å²) in [5.41, 5.74) is 2.14. The molecule has 108 valence electrons. The number of phenolic OH excluding ortho intramolecular Hbond substituents is 1. The van der Waals surface area contributed by atoms with E-state index in [1.165, 1.54) is 5.69 Å². The van der Waals surface area contributed by atoms with Gasteiger partial charge in [0.15, 0.2) is 0 Å². The van der Waals surface area contributed by atoms with Gasteiger partial charge < -0.3 is 10.4 Å². The van der Waals surface area contributed by atoms with Crippen LogP contribution in [-0.2, 0) is 13.5 Å². The Morgan fingerprint density at radius 3 is 2.85 bits per heavy atom. The van der Waals surface area contributed by atoms with Crippen LogP contribution in [0.5, 0.6) is 5.75 Å². The predicted octanol–water partition coefficient (Wildman–Crippen LogP) is 3.17. The number of hydrogen-bond acceptors (Lipinski definition) is 3. The van der Waals surface area contributed by atoms with E-state index in [0.717, 1.165) is 29.4 Å². The number of nitrogens with zero attached hydrogens (tertiary/aromatic N) is 2. The lowest BCUT2D eigenvalue weighted by Gasteiger charge is -2.19. The molecule has 2 rings (SSSR count). The fraction of sp³-hybridized carbons (Fsp3) is 0.400. The largest absolute Gasteiger partial charge is 0.508 e. The van der Waals surface area contributed by atoms with Crippen LogP contribution in [0.4, 0.5) is 0 Å². The Morgan fingerprint density at radius 1 is 1.40 bits per heavy atom. The van der Waals surface area contributed by atoms with Gasteiger partial charge in [-0.05, 0) is 30.7 Å². The fourth-order valence-corrected chi connectivity index (χ4v) is 2.68. The zero-order chi connectivity index (χ0) is 14.5. The van der Waals surface area contributed by atoms with Gasteiger partial charge in [0.25, 0.3) is 0 Å². The number of hydrogen-bond donors (Lipinski definition) is 2. The third-order valence-corrected chi connectivity index (χ3v) is 3.96. The first-order valence-electron chi connectivity index (χ1n) is 6.80. The minimum absolute atomic E-state index is 0.153. The Labute approximate surface area is 127 Å². The number of aromatic hydroxyl groups is 1. The van der Waals surface area contributed by atoms with E-state index >= 15 is 0 Å². The van der Waals surface area contributed by atoms with E-state index in [1.54, 1.807) is 6.07 Å². The lowest BCUT2D eigenvalue weighted by atomic mass is 10.0. The zero-order valence-corrected chi connectivity index (χ0v) is 13.4. The molecule has 5 heteroatoms. The standard InChI is InChI=1S/C15H20BrN3O/c1-3-14(13-10-11(16)4-5-15(13)20)17-8-6-12-7-9-18-19(12)2/h4-5,7,9-10,14,17,20H,3,6,8H2,1-2H3/t14-/m0/s1. The van der Waals surface area contributed by atoms with Crippen molar-refractivity contribution in [1.82, 2.24) is 15.1 Å². The molecule has 0 aliphatic rings. The summed E-state index contributed by atoms with van der Waals surface area (Å²) in [6, 6.07) is 7.73. The van der Waals surface area contributed by atoms with Crippen molar-refractivity contribution in [2.24, 2.45) is 7.05 Å². The van der Waals surface area contributed by atoms with Gasteiger partial charge in [-0.3, -0.25) is 4.68 Å².